The van der Waals surface area contributed by atoms with Crippen molar-refractivity contribution in [2.24, 2.45) is 5.92 Å². The van der Waals surface area contributed by atoms with E-state index in [1.807, 2.05) is 0 Å². The Morgan fingerprint density at radius 2 is 2.67 bits per heavy atom. The highest BCUT2D eigenvalue weighted by atomic mass is 16.5. The Balaban J connectivity index is 1.76. The molecule has 0 aromatic carbocycles. The van der Waals surface area contributed by atoms with Gasteiger partial charge in [0.15, 0.2) is 5.76 Å². The fourth-order valence-electron chi connectivity index (χ4n) is 1.73. The summed E-state index contributed by atoms with van der Waals surface area (Å²) in [5.41, 5.74) is 0. The molecule has 2 heterocycles. The Hall–Kier alpha value is -1.36. The Morgan fingerprint density at radius 1 is 1.73 bits per heavy atom. The quantitative estimate of drug-likeness (QED) is 0.751. The zero-order chi connectivity index (χ0) is 10.5. The summed E-state index contributed by atoms with van der Waals surface area (Å²) in [5.74, 6) is 0.882. The van der Waals surface area contributed by atoms with E-state index in [1.165, 1.54) is 0 Å². The topological polar surface area (TPSA) is 67.2 Å². The molecule has 1 aromatic rings. The average molecular weight is 209 g/mol. The predicted octanol–water partition coefficient (Wildman–Crippen LogP) is 0.290. The maximum Gasteiger partial charge on any atom is 0.224 e. The minimum atomic E-state index is 0.0959. The van der Waals surface area contributed by atoms with E-state index in [-0.39, 0.29) is 11.8 Å². The number of nitrogens with zero attached hydrogens (tertiary/aromatic N) is 1. The molecular weight excluding hydrogens is 194 g/mol. The maximum atomic E-state index is 11.7. The number of hydrogen-bond donors (Lipinski definition) is 2. The van der Waals surface area contributed by atoms with Crippen molar-refractivity contribution in [3.05, 3.63) is 18.0 Å². The van der Waals surface area contributed by atoms with Crippen molar-refractivity contribution < 1.29 is 9.32 Å². The van der Waals surface area contributed by atoms with Crippen molar-refractivity contribution in [1.82, 2.24) is 15.8 Å². The number of hydrogen-bond acceptors (Lipinski definition) is 4. The highest BCUT2D eigenvalue weighted by Gasteiger charge is 2.20. The fraction of sp³-hybridized carbons (Fsp3) is 0.600. The first kappa shape index (κ1) is 10.2. The van der Waals surface area contributed by atoms with Crippen LogP contribution < -0.4 is 10.6 Å². The Morgan fingerprint density at radius 3 is 3.33 bits per heavy atom. The molecule has 0 aliphatic carbocycles. The van der Waals surface area contributed by atoms with Gasteiger partial charge in [-0.25, -0.2) is 0 Å². The summed E-state index contributed by atoms with van der Waals surface area (Å²) in [5, 5.41) is 9.63. The molecule has 0 spiro atoms. The van der Waals surface area contributed by atoms with E-state index >= 15 is 0 Å². The van der Waals surface area contributed by atoms with Gasteiger partial charge in [0.1, 0.15) is 0 Å². The van der Waals surface area contributed by atoms with E-state index < -0.39 is 0 Å². The van der Waals surface area contributed by atoms with Crippen LogP contribution in [0.5, 0.6) is 0 Å². The normalized spacial score (nSPS) is 21.2. The van der Waals surface area contributed by atoms with Gasteiger partial charge < -0.3 is 15.2 Å². The molecular formula is C10H15N3O2. The highest BCUT2D eigenvalue weighted by molar-refractivity contribution is 5.78. The van der Waals surface area contributed by atoms with Crippen molar-refractivity contribution in [2.75, 3.05) is 13.1 Å². The SMILES string of the molecule is O=C(NCc1ccno1)C1CCCNC1. The third kappa shape index (κ3) is 2.79. The monoisotopic (exact) mass is 209 g/mol. The first-order valence-corrected chi connectivity index (χ1v) is 5.24. The largest absolute Gasteiger partial charge is 0.360 e. The van der Waals surface area contributed by atoms with Gasteiger partial charge in [-0.1, -0.05) is 5.16 Å². The van der Waals surface area contributed by atoms with Crippen LogP contribution in [0.4, 0.5) is 0 Å². The van der Waals surface area contributed by atoms with Crippen LogP contribution in [0.1, 0.15) is 18.6 Å². The van der Waals surface area contributed by atoms with E-state index in [4.69, 9.17) is 4.52 Å². The second-order valence-corrected chi connectivity index (χ2v) is 3.74. The average Bonchev–Trinajstić information content (AvgIpc) is 2.80. The van der Waals surface area contributed by atoms with Gasteiger partial charge in [-0.3, -0.25) is 4.79 Å². The molecule has 1 amide bonds. The molecule has 2 N–H and O–H groups in total. The predicted molar refractivity (Wildman–Crippen MR) is 53.9 cm³/mol. The zero-order valence-electron chi connectivity index (χ0n) is 8.53. The van der Waals surface area contributed by atoms with Gasteiger partial charge >= 0.3 is 0 Å². The van der Waals surface area contributed by atoms with Gasteiger partial charge in [0.25, 0.3) is 0 Å². The number of piperidine rings is 1. The highest BCUT2D eigenvalue weighted by Crippen LogP contribution is 2.09. The van der Waals surface area contributed by atoms with Crippen LogP contribution in [0.2, 0.25) is 0 Å². The molecule has 82 valence electrons. The molecule has 0 saturated carbocycles. The van der Waals surface area contributed by atoms with E-state index in [1.54, 1.807) is 12.3 Å². The second-order valence-electron chi connectivity index (χ2n) is 3.74. The van der Waals surface area contributed by atoms with Crippen LogP contribution in [0.3, 0.4) is 0 Å². The summed E-state index contributed by atoms with van der Waals surface area (Å²) in [6, 6.07) is 1.75. The lowest BCUT2D eigenvalue weighted by Crippen LogP contribution is -2.40. The second kappa shape index (κ2) is 4.93. The molecule has 5 heteroatoms. The van der Waals surface area contributed by atoms with E-state index in [9.17, 15) is 4.79 Å². The molecule has 1 aliphatic heterocycles. The van der Waals surface area contributed by atoms with Gasteiger partial charge in [-0.05, 0) is 19.4 Å². The lowest BCUT2D eigenvalue weighted by Gasteiger charge is -2.21. The van der Waals surface area contributed by atoms with Crippen molar-refractivity contribution in [3.63, 3.8) is 0 Å². The molecule has 1 saturated heterocycles. The van der Waals surface area contributed by atoms with Crippen LogP contribution in [0.15, 0.2) is 16.8 Å². The molecule has 5 nitrogen and oxygen atoms in total. The smallest absolute Gasteiger partial charge is 0.224 e. The van der Waals surface area contributed by atoms with Crippen LogP contribution in [0.25, 0.3) is 0 Å². The van der Waals surface area contributed by atoms with Gasteiger partial charge in [-0.15, -0.1) is 0 Å². The molecule has 15 heavy (non-hydrogen) atoms. The summed E-state index contributed by atoms with van der Waals surface area (Å²) in [4.78, 5) is 11.7. The van der Waals surface area contributed by atoms with Crippen LogP contribution >= 0.6 is 0 Å². The third-order valence-corrected chi connectivity index (χ3v) is 2.60. The van der Waals surface area contributed by atoms with Crippen molar-refractivity contribution >= 4 is 5.91 Å². The van der Waals surface area contributed by atoms with Crippen LogP contribution in [-0.4, -0.2) is 24.2 Å². The first-order chi connectivity index (χ1) is 7.36. The summed E-state index contributed by atoms with van der Waals surface area (Å²) in [7, 11) is 0. The minimum Gasteiger partial charge on any atom is -0.360 e. The molecule has 1 unspecified atom stereocenters. The van der Waals surface area contributed by atoms with Crippen molar-refractivity contribution in [2.45, 2.75) is 19.4 Å². The van der Waals surface area contributed by atoms with Crippen LogP contribution in [0, 0.1) is 5.92 Å². The van der Waals surface area contributed by atoms with Crippen molar-refractivity contribution in [3.8, 4) is 0 Å². The maximum absolute atomic E-state index is 11.7. The van der Waals surface area contributed by atoms with Gasteiger partial charge in [0.2, 0.25) is 5.91 Å². The number of carbonyl (C=O) groups excluding carboxylic acids is 1. The molecule has 1 atom stereocenters. The standard InChI is InChI=1S/C10H15N3O2/c14-10(8-2-1-4-11-6-8)12-7-9-3-5-13-15-9/h3,5,8,11H,1-2,4,6-7H2,(H,12,14). The summed E-state index contributed by atoms with van der Waals surface area (Å²) < 4.78 is 4.89. The first-order valence-electron chi connectivity index (χ1n) is 5.24. The number of rotatable bonds is 3. The number of nitrogens with one attached hydrogen (secondary N) is 2. The van der Waals surface area contributed by atoms with E-state index in [0.29, 0.717) is 12.3 Å². The lowest BCUT2D eigenvalue weighted by atomic mass is 9.99. The van der Waals surface area contributed by atoms with E-state index in [2.05, 4.69) is 15.8 Å². The number of aromatic nitrogens is 1. The number of amides is 1. The Kier molecular flexibility index (Phi) is 3.34. The summed E-state index contributed by atoms with van der Waals surface area (Å²) >= 11 is 0. The number of carbonyl (C=O) groups is 1. The Labute approximate surface area is 88.2 Å². The van der Waals surface area contributed by atoms with E-state index in [0.717, 1.165) is 25.9 Å². The van der Waals surface area contributed by atoms with Gasteiger partial charge in [0.05, 0.1) is 18.7 Å². The summed E-state index contributed by atoms with van der Waals surface area (Å²) in [6.45, 7) is 2.23. The fourth-order valence-corrected chi connectivity index (χ4v) is 1.73. The third-order valence-electron chi connectivity index (χ3n) is 2.60. The lowest BCUT2D eigenvalue weighted by molar-refractivity contribution is -0.125. The Bertz CT molecular complexity index is 304. The molecule has 0 bridgehead atoms. The molecule has 1 aliphatic rings. The zero-order valence-corrected chi connectivity index (χ0v) is 8.53. The molecule has 1 aromatic heterocycles. The van der Waals surface area contributed by atoms with Gasteiger partial charge in [-0.2, -0.15) is 0 Å². The molecule has 1 fully saturated rings. The van der Waals surface area contributed by atoms with Crippen LogP contribution in [-0.2, 0) is 11.3 Å². The minimum absolute atomic E-state index is 0.0959. The van der Waals surface area contributed by atoms with Crippen molar-refractivity contribution in [1.29, 1.82) is 0 Å². The summed E-state index contributed by atoms with van der Waals surface area (Å²) in [6.07, 6.45) is 3.61. The van der Waals surface area contributed by atoms with Gasteiger partial charge in [0, 0.05) is 12.6 Å². The molecule has 2 rings (SSSR count). The molecule has 0 radical (unpaired) electrons.